The molecule has 2 bridgehead atoms. The fraction of sp³-hybridized carbons (Fsp3) is 0.533. The molecule has 0 aromatic heterocycles. The van der Waals surface area contributed by atoms with Gasteiger partial charge in [-0.2, -0.15) is 0 Å². The number of hydrogen-bond acceptors (Lipinski definition) is 8. The molecule has 8 nitrogen and oxygen atoms in total. The average Bonchev–Trinajstić information content (AvgIpc) is 3.22. The molecule has 2 N–H and O–H groups in total. The smallest absolute Gasteiger partial charge is 0.302 e. The van der Waals surface area contributed by atoms with Crippen molar-refractivity contribution < 1.29 is 38.7 Å². The van der Waals surface area contributed by atoms with Gasteiger partial charge in [0.25, 0.3) is 0 Å². The van der Waals surface area contributed by atoms with Crippen LogP contribution in [0.2, 0.25) is 0 Å². The number of ether oxygens (including phenoxy) is 4. The number of methoxy groups -OCH3 is 2. The van der Waals surface area contributed by atoms with Crippen molar-refractivity contribution in [2.45, 2.75) is 76.4 Å². The highest BCUT2D eigenvalue weighted by Crippen LogP contribution is 2.63. The fourth-order valence-electron chi connectivity index (χ4n) is 7.62. The third-order valence-corrected chi connectivity index (χ3v) is 9.07. The molecule has 2 aromatic carbocycles. The van der Waals surface area contributed by atoms with Gasteiger partial charge in [-0.25, -0.2) is 0 Å². The van der Waals surface area contributed by atoms with Crippen molar-refractivity contribution in [3.8, 4) is 23.0 Å². The van der Waals surface area contributed by atoms with Crippen LogP contribution < -0.4 is 9.47 Å². The Morgan fingerprint density at radius 1 is 0.895 bits per heavy atom. The largest absolute Gasteiger partial charge is 0.504 e. The maximum Gasteiger partial charge on any atom is 0.302 e. The first kappa shape index (κ1) is 26.2. The second kappa shape index (κ2) is 9.71. The second-order valence-corrected chi connectivity index (χ2v) is 11.3. The summed E-state index contributed by atoms with van der Waals surface area (Å²) < 4.78 is 22.7. The highest BCUT2D eigenvalue weighted by atomic mass is 16.6. The summed E-state index contributed by atoms with van der Waals surface area (Å²) in [6.45, 7) is 2.83. The van der Waals surface area contributed by atoms with E-state index in [0.717, 1.165) is 42.4 Å². The standard InChI is InChI=1S/C30H36O8/c1-17(31)37-22-13-26(38-18(2)32)23-9-19-11-27(35-3)25(34)10-20(19)14-30(23)8-7-29(15-22,16-30)21-5-6-24(33)28(12-21)36-4/h5-6,10-12,22-23,26,33-34H,7-9,13-16H2,1-4H3. The molecule has 3 aliphatic carbocycles. The van der Waals surface area contributed by atoms with Gasteiger partial charge in [0.2, 0.25) is 0 Å². The number of aromatic hydroxyl groups is 2. The van der Waals surface area contributed by atoms with Crippen molar-refractivity contribution in [3.63, 3.8) is 0 Å². The Balaban J connectivity index is 1.65. The molecular weight excluding hydrogens is 488 g/mol. The summed E-state index contributed by atoms with van der Waals surface area (Å²) in [6, 6.07) is 9.19. The van der Waals surface area contributed by atoms with Gasteiger partial charge in [-0.3, -0.25) is 9.59 Å². The van der Waals surface area contributed by atoms with Gasteiger partial charge in [-0.15, -0.1) is 0 Å². The summed E-state index contributed by atoms with van der Waals surface area (Å²) in [5.41, 5.74) is 2.67. The minimum atomic E-state index is -0.441. The summed E-state index contributed by atoms with van der Waals surface area (Å²) in [4.78, 5) is 24.4. The van der Waals surface area contributed by atoms with Crippen LogP contribution in [0, 0.1) is 11.3 Å². The Kier molecular flexibility index (Phi) is 6.70. The molecule has 2 aromatic rings. The second-order valence-electron chi connectivity index (χ2n) is 11.3. The van der Waals surface area contributed by atoms with Crippen LogP contribution in [0.1, 0.15) is 62.6 Å². The van der Waals surface area contributed by atoms with Gasteiger partial charge in [0, 0.05) is 26.2 Å². The quantitative estimate of drug-likeness (QED) is 0.546. The Morgan fingerprint density at radius 3 is 2.29 bits per heavy atom. The normalized spacial score (nSPS) is 29.7. The lowest BCUT2D eigenvalue weighted by molar-refractivity contribution is -0.161. The summed E-state index contributed by atoms with van der Waals surface area (Å²) in [7, 11) is 3.06. The third kappa shape index (κ3) is 4.54. The summed E-state index contributed by atoms with van der Waals surface area (Å²) in [6.07, 6.45) is 4.04. The zero-order valence-electron chi connectivity index (χ0n) is 22.4. The molecule has 0 heterocycles. The van der Waals surface area contributed by atoms with Gasteiger partial charge in [-0.05, 0) is 90.3 Å². The first-order chi connectivity index (χ1) is 18.1. The number of esters is 2. The van der Waals surface area contributed by atoms with Crippen molar-refractivity contribution in [2.24, 2.45) is 11.3 Å². The molecular formula is C30H36O8. The highest BCUT2D eigenvalue weighted by molar-refractivity contribution is 5.67. The van der Waals surface area contributed by atoms with Gasteiger partial charge in [0.1, 0.15) is 12.2 Å². The number of rotatable bonds is 5. The predicted molar refractivity (Wildman–Crippen MR) is 139 cm³/mol. The molecule has 8 heteroatoms. The molecule has 0 aliphatic heterocycles. The van der Waals surface area contributed by atoms with Crippen LogP contribution >= 0.6 is 0 Å². The van der Waals surface area contributed by atoms with E-state index < -0.39 is 12.2 Å². The molecule has 204 valence electrons. The third-order valence-electron chi connectivity index (χ3n) is 9.07. The zero-order valence-corrected chi connectivity index (χ0v) is 22.4. The van der Waals surface area contributed by atoms with Gasteiger partial charge >= 0.3 is 11.9 Å². The molecule has 5 rings (SSSR count). The number of carbonyl (C=O) groups is 2. The average molecular weight is 525 g/mol. The Morgan fingerprint density at radius 2 is 1.61 bits per heavy atom. The number of phenols is 2. The molecule has 5 unspecified atom stereocenters. The molecule has 38 heavy (non-hydrogen) atoms. The SMILES string of the molecule is COc1cc(C23CCC4(Cc5cc(O)c(OC)cc5CC4C(OC(C)=O)CC(OC(C)=O)C2)C3)ccc1O. The van der Waals surface area contributed by atoms with E-state index in [-0.39, 0.29) is 40.2 Å². The maximum absolute atomic E-state index is 12.3. The molecule has 2 fully saturated rings. The van der Waals surface area contributed by atoms with Crippen LogP contribution in [0.3, 0.4) is 0 Å². The van der Waals surface area contributed by atoms with Gasteiger partial charge in [0.05, 0.1) is 14.2 Å². The fourth-order valence-corrected chi connectivity index (χ4v) is 7.62. The first-order valence-electron chi connectivity index (χ1n) is 13.2. The summed E-state index contributed by atoms with van der Waals surface area (Å²) in [5, 5.41) is 20.8. The Labute approximate surface area is 222 Å². The van der Waals surface area contributed by atoms with Crippen LogP contribution in [0.15, 0.2) is 30.3 Å². The van der Waals surface area contributed by atoms with E-state index in [1.54, 1.807) is 6.07 Å². The lowest BCUT2D eigenvalue weighted by Crippen LogP contribution is -2.49. The number of hydrogen-bond donors (Lipinski definition) is 2. The summed E-state index contributed by atoms with van der Waals surface area (Å²) >= 11 is 0. The van der Waals surface area contributed by atoms with Gasteiger partial charge < -0.3 is 29.2 Å². The van der Waals surface area contributed by atoms with Crippen molar-refractivity contribution >= 4 is 11.9 Å². The molecule has 5 atom stereocenters. The number of phenolic OH excluding ortho intramolecular Hbond substituents is 2. The highest BCUT2D eigenvalue weighted by Gasteiger charge is 2.59. The predicted octanol–water partition coefficient (Wildman–Crippen LogP) is 4.60. The van der Waals surface area contributed by atoms with E-state index in [9.17, 15) is 19.8 Å². The van der Waals surface area contributed by atoms with Gasteiger partial charge in [-0.1, -0.05) is 6.07 Å². The van der Waals surface area contributed by atoms with E-state index in [1.807, 2.05) is 24.3 Å². The Hall–Kier alpha value is -3.42. The van der Waals surface area contributed by atoms with Crippen LogP contribution in [-0.2, 0) is 37.3 Å². The minimum Gasteiger partial charge on any atom is -0.504 e. The van der Waals surface area contributed by atoms with Crippen LogP contribution in [-0.4, -0.2) is 48.6 Å². The molecule has 2 saturated carbocycles. The molecule has 0 saturated heterocycles. The topological polar surface area (TPSA) is 112 Å². The van der Waals surface area contributed by atoms with E-state index in [0.29, 0.717) is 30.8 Å². The van der Waals surface area contributed by atoms with Crippen molar-refractivity contribution in [1.82, 2.24) is 0 Å². The molecule has 3 aliphatic rings. The zero-order chi connectivity index (χ0) is 27.2. The van der Waals surface area contributed by atoms with Crippen LogP contribution in [0.4, 0.5) is 0 Å². The van der Waals surface area contributed by atoms with E-state index >= 15 is 0 Å². The minimum absolute atomic E-state index is 0.00704. The molecule has 0 amide bonds. The number of benzene rings is 2. The monoisotopic (exact) mass is 524 g/mol. The van der Waals surface area contributed by atoms with Crippen molar-refractivity contribution in [1.29, 1.82) is 0 Å². The van der Waals surface area contributed by atoms with Crippen LogP contribution in [0.25, 0.3) is 0 Å². The first-order valence-corrected chi connectivity index (χ1v) is 13.2. The van der Waals surface area contributed by atoms with Crippen molar-refractivity contribution in [2.75, 3.05) is 14.2 Å². The van der Waals surface area contributed by atoms with E-state index in [2.05, 4.69) is 0 Å². The lowest BCUT2D eigenvalue weighted by atomic mass is 9.57. The summed E-state index contributed by atoms with van der Waals surface area (Å²) in [5.74, 6) is 0.293. The van der Waals surface area contributed by atoms with E-state index in [4.69, 9.17) is 18.9 Å². The molecule has 1 spiro atoms. The van der Waals surface area contributed by atoms with Crippen LogP contribution in [0.5, 0.6) is 23.0 Å². The maximum atomic E-state index is 12.3. The number of fused-ring (bicyclic) bond motifs is 2. The molecule has 0 radical (unpaired) electrons. The van der Waals surface area contributed by atoms with E-state index in [1.165, 1.54) is 28.1 Å². The Bertz CT molecular complexity index is 1260. The van der Waals surface area contributed by atoms with Crippen molar-refractivity contribution in [3.05, 3.63) is 47.0 Å². The number of carbonyl (C=O) groups excluding carboxylic acids is 2. The lowest BCUT2D eigenvalue weighted by Gasteiger charge is -2.49. The van der Waals surface area contributed by atoms with Gasteiger partial charge in [0.15, 0.2) is 23.0 Å².